The highest BCUT2D eigenvalue weighted by atomic mass is 35.5. The first-order chi connectivity index (χ1) is 7.77. The number of aromatic nitrogens is 1. The molecule has 0 unspecified atom stereocenters. The molecule has 0 atom stereocenters. The van der Waals surface area contributed by atoms with Crippen molar-refractivity contribution >= 4 is 22.5 Å². The summed E-state index contributed by atoms with van der Waals surface area (Å²) < 4.78 is 1.80. The van der Waals surface area contributed by atoms with Crippen LogP contribution in [0.25, 0.3) is 10.9 Å². The SMILES string of the molecule is CCn1c(=O)c(CCCl)cc2ccccc21. The molecule has 0 spiro atoms. The molecule has 0 saturated heterocycles. The van der Waals surface area contributed by atoms with Gasteiger partial charge in [0.25, 0.3) is 5.56 Å². The fourth-order valence-electron chi connectivity index (χ4n) is 1.98. The lowest BCUT2D eigenvalue weighted by molar-refractivity contribution is 0.748. The maximum absolute atomic E-state index is 12.1. The standard InChI is InChI=1S/C13H14ClNO/c1-2-15-12-6-4-3-5-10(12)9-11(7-8-14)13(15)16/h3-6,9H,2,7-8H2,1H3. The fourth-order valence-corrected chi connectivity index (χ4v) is 2.19. The first-order valence-electron chi connectivity index (χ1n) is 5.45. The molecule has 2 rings (SSSR count). The number of para-hydroxylation sites is 1. The Balaban J connectivity index is 2.77. The molecule has 84 valence electrons. The molecule has 0 radical (unpaired) electrons. The lowest BCUT2D eigenvalue weighted by Crippen LogP contribution is -2.23. The Kier molecular flexibility index (Phi) is 3.30. The van der Waals surface area contributed by atoms with Crippen LogP contribution >= 0.6 is 11.6 Å². The van der Waals surface area contributed by atoms with Gasteiger partial charge in [-0.3, -0.25) is 4.79 Å². The number of benzene rings is 1. The average molecular weight is 236 g/mol. The van der Waals surface area contributed by atoms with Crippen molar-refractivity contribution in [1.82, 2.24) is 4.57 Å². The Bertz CT molecular complexity index is 559. The van der Waals surface area contributed by atoms with E-state index in [1.165, 1.54) is 0 Å². The summed E-state index contributed by atoms with van der Waals surface area (Å²) in [7, 11) is 0. The molecule has 16 heavy (non-hydrogen) atoms. The minimum Gasteiger partial charge on any atom is -0.308 e. The van der Waals surface area contributed by atoms with Gasteiger partial charge in [-0.2, -0.15) is 0 Å². The molecule has 0 N–H and O–H groups in total. The number of nitrogens with zero attached hydrogens (tertiary/aromatic N) is 1. The zero-order chi connectivity index (χ0) is 11.5. The van der Waals surface area contributed by atoms with Crippen molar-refractivity contribution in [2.45, 2.75) is 19.9 Å². The van der Waals surface area contributed by atoms with E-state index in [4.69, 9.17) is 11.6 Å². The molecule has 1 heterocycles. The van der Waals surface area contributed by atoms with Crippen molar-refractivity contribution in [1.29, 1.82) is 0 Å². The molecule has 0 saturated carbocycles. The molecular weight excluding hydrogens is 222 g/mol. The van der Waals surface area contributed by atoms with E-state index in [9.17, 15) is 4.79 Å². The van der Waals surface area contributed by atoms with E-state index in [0.717, 1.165) is 16.5 Å². The van der Waals surface area contributed by atoms with Crippen LogP contribution in [0.1, 0.15) is 12.5 Å². The fraction of sp³-hybridized carbons (Fsp3) is 0.308. The zero-order valence-electron chi connectivity index (χ0n) is 9.24. The van der Waals surface area contributed by atoms with Crippen molar-refractivity contribution < 1.29 is 0 Å². The summed E-state index contributed by atoms with van der Waals surface area (Å²) >= 11 is 5.71. The van der Waals surface area contributed by atoms with Crippen LogP contribution in [0.3, 0.4) is 0 Å². The molecule has 1 aromatic heterocycles. The molecule has 2 nitrogen and oxygen atoms in total. The third-order valence-electron chi connectivity index (χ3n) is 2.76. The van der Waals surface area contributed by atoms with Crippen LogP contribution in [-0.2, 0) is 13.0 Å². The maximum atomic E-state index is 12.1. The van der Waals surface area contributed by atoms with Crippen LogP contribution in [0.2, 0.25) is 0 Å². The van der Waals surface area contributed by atoms with Crippen molar-refractivity contribution in [2.75, 3.05) is 5.88 Å². The first-order valence-corrected chi connectivity index (χ1v) is 5.98. The molecule has 3 heteroatoms. The predicted octanol–water partition coefficient (Wildman–Crippen LogP) is 2.80. The van der Waals surface area contributed by atoms with Gasteiger partial charge in [0.1, 0.15) is 0 Å². The lowest BCUT2D eigenvalue weighted by atomic mass is 10.1. The maximum Gasteiger partial charge on any atom is 0.254 e. The van der Waals surface area contributed by atoms with Crippen LogP contribution < -0.4 is 5.56 Å². The lowest BCUT2D eigenvalue weighted by Gasteiger charge is -2.10. The smallest absolute Gasteiger partial charge is 0.254 e. The van der Waals surface area contributed by atoms with Crippen molar-refractivity contribution in [3.63, 3.8) is 0 Å². The number of fused-ring (bicyclic) bond motifs is 1. The molecule has 0 amide bonds. The number of hydrogen-bond acceptors (Lipinski definition) is 1. The van der Waals surface area contributed by atoms with E-state index in [0.29, 0.717) is 18.8 Å². The molecule has 0 aliphatic heterocycles. The van der Waals surface area contributed by atoms with Crippen LogP contribution in [0.5, 0.6) is 0 Å². The van der Waals surface area contributed by atoms with E-state index in [2.05, 4.69) is 0 Å². The average Bonchev–Trinajstić information content (AvgIpc) is 2.31. The van der Waals surface area contributed by atoms with Gasteiger partial charge in [0.2, 0.25) is 0 Å². The highest BCUT2D eigenvalue weighted by Crippen LogP contribution is 2.13. The number of rotatable bonds is 3. The van der Waals surface area contributed by atoms with Gasteiger partial charge in [-0.25, -0.2) is 0 Å². The van der Waals surface area contributed by atoms with Crippen LogP contribution in [0, 0.1) is 0 Å². The highest BCUT2D eigenvalue weighted by molar-refractivity contribution is 6.18. The Labute approximate surface area is 99.5 Å². The van der Waals surface area contributed by atoms with Gasteiger partial charge in [-0.15, -0.1) is 11.6 Å². The predicted molar refractivity (Wildman–Crippen MR) is 68.3 cm³/mol. The second-order valence-corrected chi connectivity index (χ2v) is 4.09. The van der Waals surface area contributed by atoms with Crippen LogP contribution in [0.15, 0.2) is 35.1 Å². The number of pyridine rings is 1. The summed E-state index contributed by atoms with van der Waals surface area (Å²) in [5.74, 6) is 0.483. The largest absolute Gasteiger partial charge is 0.308 e. The summed E-state index contributed by atoms with van der Waals surface area (Å²) in [5, 5.41) is 1.10. The van der Waals surface area contributed by atoms with Crippen LogP contribution in [0.4, 0.5) is 0 Å². The first kappa shape index (κ1) is 11.2. The molecule has 1 aromatic carbocycles. The Morgan fingerprint density at radius 1 is 1.31 bits per heavy atom. The number of aryl methyl sites for hydroxylation is 2. The topological polar surface area (TPSA) is 22.0 Å². The number of halogens is 1. The minimum atomic E-state index is 0.0850. The van der Waals surface area contributed by atoms with Crippen LogP contribution in [-0.4, -0.2) is 10.4 Å². The molecule has 0 bridgehead atoms. The molecule has 0 fully saturated rings. The molecule has 0 aliphatic carbocycles. The third kappa shape index (κ3) is 1.85. The third-order valence-corrected chi connectivity index (χ3v) is 2.95. The monoisotopic (exact) mass is 235 g/mol. The Morgan fingerprint density at radius 3 is 2.75 bits per heavy atom. The van der Waals surface area contributed by atoms with Crippen molar-refractivity contribution in [3.8, 4) is 0 Å². The van der Waals surface area contributed by atoms with Crippen molar-refractivity contribution in [3.05, 3.63) is 46.2 Å². The van der Waals surface area contributed by atoms with Gasteiger partial charge in [0.15, 0.2) is 0 Å². The minimum absolute atomic E-state index is 0.0850. The molecular formula is C13H14ClNO. The second-order valence-electron chi connectivity index (χ2n) is 3.72. The van der Waals surface area contributed by atoms with Gasteiger partial charge in [-0.05, 0) is 30.9 Å². The van der Waals surface area contributed by atoms with E-state index in [1.54, 1.807) is 4.57 Å². The van der Waals surface area contributed by atoms with Gasteiger partial charge in [0, 0.05) is 18.0 Å². The summed E-state index contributed by atoms with van der Waals surface area (Å²) in [6, 6.07) is 9.89. The zero-order valence-corrected chi connectivity index (χ0v) is 10.00. The van der Waals surface area contributed by atoms with Gasteiger partial charge < -0.3 is 4.57 Å². The Morgan fingerprint density at radius 2 is 2.06 bits per heavy atom. The normalized spacial score (nSPS) is 10.9. The van der Waals surface area contributed by atoms with Gasteiger partial charge in [0.05, 0.1) is 5.52 Å². The highest BCUT2D eigenvalue weighted by Gasteiger charge is 2.06. The summed E-state index contributed by atoms with van der Waals surface area (Å²) in [6.45, 7) is 2.67. The second kappa shape index (κ2) is 4.71. The number of alkyl halides is 1. The van der Waals surface area contributed by atoms with Crippen molar-refractivity contribution in [2.24, 2.45) is 0 Å². The van der Waals surface area contributed by atoms with E-state index < -0.39 is 0 Å². The van der Waals surface area contributed by atoms with E-state index in [1.807, 2.05) is 37.3 Å². The quantitative estimate of drug-likeness (QED) is 0.750. The number of hydrogen-bond donors (Lipinski definition) is 0. The summed E-state index contributed by atoms with van der Waals surface area (Å²) in [4.78, 5) is 12.1. The summed E-state index contributed by atoms with van der Waals surface area (Å²) in [6.07, 6.45) is 0.630. The van der Waals surface area contributed by atoms with Gasteiger partial charge in [-0.1, -0.05) is 18.2 Å². The Hall–Kier alpha value is -1.28. The summed E-state index contributed by atoms with van der Waals surface area (Å²) in [5.41, 5.74) is 1.88. The van der Waals surface area contributed by atoms with Gasteiger partial charge >= 0.3 is 0 Å². The van der Waals surface area contributed by atoms with E-state index in [-0.39, 0.29) is 5.56 Å². The van der Waals surface area contributed by atoms with E-state index >= 15 is 0 Å². The molecule has 2 aromatic rings. The molecule has 0 aliphatic rings.